The molecule has 0 amide bonds. The van der Waals surface area contributed by atoms with Crippen LogP contribution in [0.4, 0.5) is 14.5 Å². The van der Waals surface area contributed by atoms with Gasteiger partial charge in [-0.1, -0.05) is 30.3 Å². The van der Waals surface area contributed by atoms with Gasteiger partial charge in [-0.2, -0.15) is 5.10 Å². The summed E-state index contributed by atoms with van der Waals surface area (Å²) in [7, 11) is 0. The van der Waals surface area contributed by atoms with Crippen molar-refractivity contribution in [3.8, 4) is 34.0 Å². The summed E-state index contributed by atoms with van der Waals surface area (Å²) >= 11 is 0. The van der Waals surface area contributed by atoms with E-state index in [9.17, 15) is 9.50 Å². The molecule has 0 bridgehead atoms. The van der Waals surface area contributed by atoms with Crippen LogP contribution in [0.5, 0.6) is 0 Å². The van der Waals surface area contributed by atoms with Gasteiger partial charge in [0.05, 0.1) is 40.2 Å². The number of anilines is 1. The summed E-state index contributed by atoms with van der Waals surface area (Å²) in [5, 5.41) is 20.9. The number of benzene rings is 2. The van der Waals surface area contributed by atoms with Crippen molar-refractivity contribution in [3.05, 3.63) is 109 Å². The molecule has 0 aliphatic heterocycles. The van der Waals surface area contributed by atoms with Crippen molar-refractivity contribution in [2.75, 3.05) is 5.32 Å². The number of halogens is 2. The van der Waals surface area contributed by atoms with Gasteiger partial charge in [-0.3, -0.25) is 20.1 Å². The van der Waals surface area contributed by atoms with Crippen LogP contribution in [-0.2, 0) is 6.42 Å². The lowest BCUT2D eigenvalue weighted by Gasteiger charge is -2.15. The Morgan fingerprint density at radius 2 is 1.67 bits per heavy atom. The Balaban J connectivity index is 1.24. The average Bonchev–Trinajstić information content (AvgIpc) is 3.63. The monoisotopic (exact) mass is 560 g/mol. The summed E-state index contributed by atoms with van der Waals surface area (Å²) < 4.78 is 29.6. The molecule has 7 rings (SSSR count). The zero-order valence-electron chi connectivity index (χ0n) is 21.9. The van der Waals surface area contributed by atoms with E-state index in [-0.39, 0.29) is 22.6 Å². The standard InChI is InChI=1S/C31H22F2N8O/c32-20-8-6-18(7-9-20)28-29-22(10-11-35-28)38-31(39-29)30-25-23(40-41-30)16-36-27(26(25)33)19-13-21(15-34-14-19)37-24(42)12-17-4-2-1-3-5-17/h1-11,13-16,24,37,42H,12H2,(H,38,39)(H,40,41). The molecule has 0 aliphatic carbocycles. The van der Waals surface area contributed by atoms with E-state index >= 15 is 4.39 Å². The van der Waals surface area contributed by atoms with Gasteiger partial charge in [-0.05, 0) is 42.0 Å². The van der Waals surface area contributed by atoms with Crippen molar-refractivity contribution in [1.29, 1.82) is 0 Å². The lowest BCUT2D eigenvalue weighted by Crippen LogP contribution is -2.21. The van der Waals surface area contributed by atoms with Crippen molar-refractivity contribution in [1.82, 2.24) is 35.1 Å². The molecule has 42 heavy (non-hydrogen) atoms. The molecule has 0 saturated carbocycles. The molecule has 1 unspecified atom stereocenters. The van der Waals surface area contributed by atoms with Crippen LogP contribution in [0.1, 0.15) is 5.56 Å². The van der Waals surface area contributed by atoms with Crippen LogP contribution in [0.25, 0.3) is 56.0 Å². The molecule has 5 aromatic heterocycles. The number of aromatic amines is 2. The molecule has 4 N–H and O–H groups in total. The summed E-state index contributed by atoms with van der Waals surface area (Å²) in [4.78, 5) is 20.9. The van der Waals surface area contributed by atoms with Crippen molar-refractivity contribution in [2.24, 2.45) is 0 Å². The highest BCUT2D eigenvalue weighted by Gasteiger charge is 2.22. The van der Waals surface area contributed by atoms with Crippen molar-refractivity contribution in [2.45, 2.75) is 12.6 Å². The predicted octanol–water partition coefficient (Wildman–Crippen LogP) is 5.88. The maximum Gasteiger partial charge on any atom is 0.161 e. The van der Waals surface area contributed by atoms with E-state index in [1.807, 2.05) is 30.3 Å². The van der Waals surface area contributed by atoms with Gasteiger partial charge >= 0.3 is 0 Å². The highest BCUT2D eigenvalue weighted by Crippen LogP contribution is 2.34. The predicted molar refractivity (Wildman–Crippen MR) is 155 cm³/mol. The molecule has 0 saturated heterocycles. The van der Waals surface area contributed by atoms with Crippen molar-refractivity contribution < 1.29 is 13.9 Å². The number of H-pyrrole nitrogens is 2. The molecule has 11 heteroatoms. The normalized spacial score (nSPS) is 12.2. The first-order valence-electron chi connectivity index (χ1n) is 13.1. The highest BCUT2D eigenvalue weighted by atomic mass is 19.1. The number of fused-ring (bicyclic) bond motifs is 2. The molecule has 7 aromatic rings. The number of pyridine rings is 3. The maximum absolute atomic E-state index is 16.1. The third-order valence-electron chi connectivity index (χ3n) is 6.90. The van der Waals surface area contributed by atoms with Crippen LogP contribution < -0.4 is 5.32 Å². The van der Waals surface area contributed by atoms with Crippen LogP contribution in [0.15, 0.2) is 91.5 Å². The Morgan fingerprint density at radius 1 is 0.833 bits per heavy atom. The molecule has 2 aromatic carbocycles. The smallest absolute Gasteiger partial charge is 0.161 e. The molecule has 0 spiro atoms. The van der Waals surface area contributed by atoms with Gasteiger partial charge < -0.3 is 15.4 Å². The Bertz CT molecular complexity index is 2040. The Hall–Kier alpha value is -5.55. The second kappa shape index (κ2) is 10.5. The summed E-state index contributed by atoms with van der Waals surface area (Å²) in [6.07, 6.45) is 5.71. The van der Waals surface area contributed by atoms with Crippen LogP contribution in [0, 0.1) is 11.6 Å². The van der Waals surface area contributed by atoms with Gasteiger partial charge in [0, 0.05) is 29.9 Å². The van der Waals surface area contributed by atoms with Crippen molar-refractivity contribution in [3.63, 3.8) is 0 Å². The number of aliphatic hydroxyl groups is 1. The maximum atomic E-state index is 16.1. The van der Waals surface area contributed by atoms with Crippen LogP contribution in [-0.4, -0.2) is 46.5 Å². The number of nitrogens with one attached hydrogen (secondary N) is 3. The number of aromatic nitrogens is 7. The number of aliphatic hydroxyl groups excluding tert-OH is 1. The minimum atomic E-state index is -0.868. The first-order valence-corrected chi connectivity index (χ1v) is 13.1. The zero-order valence-corrected chi connectivity index (χ0v) is 21.9. The Kier molecular flexibility index (Phi) is 6.32. The van der Waals surface area contributed by atoms with E-state index in [2.05, 4.69) is 35.5 Å². The topological polar surface area (TPSA) is 128 Å². The molecule has 9 nitrogen and oxygen atoms in total. The summed E-state index contributed by atoms with van der Waals surface area (Å²) in [5.74, 6) is -0.616. The van der Waals surface area contributed by atoms with Gasteiger partial charge in [-0.25, -0.2) is 13.8 Å². The van der Waals surface area contributed by atoms with Gasteiger partial charge in [0.2, 0.25) is 0 Å². The first kappa shape index (κ1) is 25.4. The summed E-state index contributed by atoms with van der Waals surface area (Å²) in [6, 6.07) is 19.0. The summed E-state index contributed by atoms with van der Waals surface area (Å²) in [5.41, 5.74) is 5.11. The van der Waals surface area contributed by atoms with E-state index in [1.165, 1.54) is 24.5 Å². The van der Waals surface area contributed by atoms with Gasteiger partial charge in [0.1, 0.15) is 28.9 Å². The molecule has 0 aliphatic rings. The lowest BCUT2D eigenvalue weighted by atomic mass is 10.1. The van der Waals surface area contributed by atoms with E-state index in [0.29, 0.717) is 51.3 Å². The molecule has 206 valence electrons. The van der Waals surface area contributed by atoms with Crippen molar-refractivity contribution >= 4 is 27.6 Å². The second-order valence-electron chi connectivity index (χ2n) is 9.74. The Morgan fingerprint density at radius 3 is 2.50 bits per heavy atom. The fourth-order valence-electron chi connectivity index (χ4n) is 4.94. The van der Waals surface area contributed by atoms with E-state index in [1.54, 1.807) is 36.7 Å². The van der Waals surface area contributed by atoms with Crippen LogP contribution in [0.3, 0.4) is 0 Å². The minimum Gasteiger partial charge on any atom is -0.373 e. The third kappa shape index (κ3) is 4.71. The average molecular weight is 561 g/mol. The van der Waals surface area contributed by atoms with E-state index in [4.69, 9.17) is 4.98 Å². The number of imidazole rings is 1. The van der Waals surface area contributed by atoms with Gasteiger partial charge in [0.15, 0.2) is 11.6 Å². The fourth-order valence-corrected chi connectivity index (χ4v) is 4.94. The van der Waals surface area contributed by atoms with E-state index < -0.39 is 12.0 Å². The third-order valence-corrected chi connectivity index (χ3v) is 6.90. The molecule has 0 radical (unpaired) electrons. The fraction of sp³-hybridized carbons (Fsp3) is 0.0645. The largest absolute Gasteiger partial charge is 0.373 e. The Labute approximate surface area is 237 Å². The number of nitrogens with zero attached hydrogens (tertiary/aromatic N) is 5. The number of hydrogen-bond acceptors (Lipinski definition) is 7. The van der Waals surface area contributed by atoms with Crippen LogP contribution >= 0.6 is 0 Å². The molecule has 0 fully saturated rings. The van der Waals surface area contributed by atoms with Crippen LogP contribution in [0.2, 0.25) is 0 Å². The highest BCUT2D eigenvalue weighted by molar-refractivity contribution is 5.97. The lowest BCUT2D eigenvalue weighted by molar-refractivity contribution is 0.204. The molecule has 5 heterocycles. The number of hydrogen-bond donors (Lipinski definition) is 4. The molecular weight excluding hydrogens is 538 g/mol. The molecular formula is C31H22F2N8O. The molecule has 1 atom stereocenters. The van der Waals surface area contributed by atoms with E-state index in [0.717, 1.165) is 5.56 Å². The SMILES string of the molecule is OC(Cc1ccccc1)Nc1cncc(-c2ncc3[nH]nc(-c4nc5c(-c6ccc(F)cc6)nccc5[nH]4)c3c2F)c1. The quantitative estimate of drug-likeness (QED) is 0.179. The van der Waals surface area contributed by atoms with Gasteiger partial charge in [-0.15, -0.1) is 0 Å². The number of rotatable bonds is 7. The summed E-state index contributed by atoms with van der Waals surface area (Å²) in [6.45, 7) is 0. The first-order chi connectivity index (χ1) is 20.5. The van der Waals surface area contributed by atoms with Gasteiger partial charge in [0.25, 0.3) is 0 Å². The zero-order chi connectivity index (χ0) is 28.6. The second-order valence-corrected chi connectivity index (χ2v) is 9.74. The minimum absolute atomic E-state index is 0.0728.